The van der Waals surface area contributed by atoms with Gasteiger partial charge in [-0.05, 0) is 30.3 Å². The highest BCUT2D eigenvalue weighted by molar-refractivity contribution is 6.30. The number of rotatable bonds is 2. The Bertz CT molecular complexity index is 535. The lowest BCUT2D eigenvalue weighted by atomic mass is 10.2. The average molecular weight is 255 g/mol. The van der Waals surface area contributed by atoms with Crippen molar-refractivity contribution in [1.82, 2.24) is 0 Å². The summed E-state index contributed by atoms with van der Waals surface area (Å²) < 4.78 is 27.0. The minimum atomic E-state index is -0.748. The first kappa shape index (κ1) is 11.7. The molecule has 0 spiro atoms. The van der Waals surface area contributed by atoms with Gasteiger partial charge >= 0.3 is 0 Å². The molecule has 0 aliphatic heterocycles. The number of nitrogens with one attached hydrogen (secondary N) is 1. The highest BCUT2D eigenvalue weighted by atomic mass is 35.5. The first-order valence-electron chi connectivity index (χ1n) is 4.83. The normalized spacial score (nSPS) is 10.3. The van der Waals surface area contributed by atoms with Crippen molar-refractivity contribution in [2.75, 3.05) is 11.1 Å². The highest BCUT2D eigenvalue weighted by Gasteiger charge is 2.10. The van der Waals surface area contributed by atoms with Crippen molar-refractivity contribution in [2.24, 2.45) is 0 Å². The molecule has 2 rings (SSSR count). The molecule has 5 heteroatoms. The molecule has 3 N–H and O–H groups in total. The van der Waals surface area contributed by atoms with Crippen LogP contribution < -0.4 is 11.1 Å². The molecule has 2 nitrogen and oxygen atoms in total. The number of benzene rings is 2. The molecule has 0 saturated heterocycles. The summed E-state index contributed by atoms with van der Waals surface area (Å²) in [5.41, 5.74) is 5.61. The summed E-state index contributed by atoms with van der Waals surface area (Å²) in [6, 6.07) is 8.67. The van der Waals surface area contributed by atoms with Crippen molar-refractivity contribution in [3.05, 3.63) is 53.1 Å². The zero-order valence-corrected chi connectivity index (χ0v) is 9.43. The van der Waals surface area contributed by atoms with Gasteiger partial charge in [0.25, 0.3) is 0 Å². The predicted octanol–water partition coefficient (Wildman–Crippen LogP) is 3.94. The SMILES string of the molecule is Nc1cc(F)c(Nc2cccc(Cl)c2)c(F)c1. The molecule has 0 aromatic heterocycles. The maximum absolute atomic E-state index is 13.5. The van der Waals surface area contributed by atoms with Crippen LogP contribution in [-0.2, 0) is 0 Å². The summed E-state index contributed by atoms with van der Waals surface area (Å²) in [6.45, 7) is 0. The highest BCUT2D eigenvalue weighted by Crippen LogP contribution is 2.26. The van der Waals surface area contributed by atoms with Gasteiger partial charge in [-0.25, -0.2) is 8.78 Å². The van der Waals surface area contributed by atoms with Crippen molar-refractivity contribution in [2.45, 2.75) is 0 Å². The van der Waals surface area contributed by atoms with E-state index < -0.39 is 11.6 Å². The summed E-state index contributed by atoms with van der Waals surface area (Å²) >= 11 is 5.77. The van der Waals surface area contributed by atoms with Crippen LogP contribution in [0.1, 0.15) is 0 Å². The summed E-state index contributed by atoms with van der Waals surface area (Å²) in [5.74, 6) is -1.50. The predicted molar refractivity (Wildman–Crippen MR) is 65.5 cm³/mol. The Morgan fingerprint density at radius 3 is 2.29 bits per heavy atom. The fourth-order valence-electron chi connectivity index (χ4n) is 1.42. The molecule has 0 fully saturated rings. The number of nitrogens with two attached hydrogens (primary N) is 1. The molecule has 0 atom stereocenters. The lowest BCUT2D eigenvalue weighted by molar-refractivity contribution is 0.592. The lowest BCUT2D eigenvalue weighted by Gasteiger charge is -2.09. The van der Waals surface area contributed by atoms with Gasteiger partial charge in [0.1, 0.15) is 5.69 Å². The molecule has 0 saturated carbocycles. The molecule has 0 bridgehead atoms. The largest absolute Gasteiger partial charge is 0.399 e. The third kappa shape index (κ3) is 2.65. The van der Waals surface area contributed by atoms with Crippen LogP contribution in [0.25, 0.3) is 0 Å². The Hall–Kier alpha value is -1.81. The summed E-state index contributed by atoms with van der Waals surface area (Å²) in [5, 5.41) is 3.10. The molecular weight excluding hydrogens is 246 g/mol. The molecule has 0 unspecified atom stereocenters. The van der Waals surface area contributed by atoms with Crippen LogP contribution in [0.4, 0.5) is 25.8 Å². The summed E-state index contributed by atoms with van der Waals surface area (Å²) in [7, 11) is 0. The van der Waals surface area contributed by atoms with Gasteiger partial charge in [0.15, 0.2) is 11.6 Å². The van der Waals surface area contributed by atoms with Crippen LogP contribution in [0.3, 0.4) is 0 Å². The molecule has 2 aromatic rings. The number of halogens is 3. The van der Waals surface area contributed by atoms with Gasteiger partial charge < -0.3 is 11.1 Å². The third-order valence-corrected chi connectivity index (χ3v) is 2.39. The molecule has 0 aliphatic carbocycles. The third-order valence-electron chi connectivity index (χ3n) is 2.16. The molecule has 17 heavy (non-hydrogen) atoms. The minimum Gasteiger partial charge on any atom is -0.399 e. The topological polar surface area (TPSA) is 38.0 Å². The number of nitrogen functional groups attached to an aromatic ring is 1. The van der Waals surface area contributed by atoms with Gasteiger partial charge in [-0.15, -0.1) is 0 Å². The van der Waals surface area contributed by atoms with Gasteiger partial charge in [0, 0.05) is 16.4 Å². The minimum absolute atomic E-state index is 0.0386. The Balaban J connectivity index is 2.36. The van der Waals surface area contributed by atoms with Gasteiger partial charge in [0.05, 0.1) is 0 Å². The smallest absolute Gasteiger partial charge is 0.151 e. The zero-order valence-electron chi connectivity index (χ0n) is 8.68. The van der Waals surface area contributed by atoms with E-state index in [-0.39, 0.29) is 11.4 Å². The molecule has 0 amide bonds. The molecule has 88 valence electrons. The van der Waals surface area contributed by atoms with Crippen LogP contribution in [0, 0.1) is 11.6 Å². The van der Waals surface area contributed by atoms with Crippen LogP contribution in [0.5, 0.6) is 0 Å². The maximum atomic E-state index is 13.5. The number of anilines is 3. The molecule has 0 aliphatic rings. The van der Waals surface area contributed by atoms with Crippen molar-refractivity contribution in [3.63, 3.8) is 0 Å². The Kier molecular flexibility index (Phi) is 3.15. The van der Waals surface area contributed by atoms with Crippen LogP contribution in [-0.4, -0.2) is 0 Å². The van der Waals surface area contributed by atoms with E-state index in [1.165, 1.54) is 0 Å². The quantitative estimate of drug-likeness (QED) is 0.797. The van der Waals surface area contributed by atoms with E-state index in [0.717, 1.165) is 12.1 Å². The lowest BCUT2D eigenvalue weighted by Crippen LogP contribution is -1.99. The van der Waals surface area contributed by atoms with Crippen molar-refractivity contribution in [3.8, 4) is 0 Å². The van der Waals surface area contributed by atoms with Crippen molar-refractivity contribution in [1.29, 1.82) is 0 Å². The van der Waals surface area contributed by atoms with Gasteiger partial charge in [0.2, 0.25) is 0 Å². The second-order valence-corrected chi connectivity index (χ2v) is 3.93. The van der Waals surface area contributed by atoms with E-state index in [4.69, 9.17) is 17.3 Å². The van der Waals surface area contributed by atoms with E-state index >= 15 is 0 Å². The average Bonchev–Trinajstić information content (AvgIpc) is 2.23. The monoisotopic (exact) mass is 254 g/mol. The summed E-state index contributed by atoms with van der Waals surface area (Å²) in [6.07, 6.45) is 0. The van der Waals surface area contributed by atoms with Crippen LogP contribution >= 0.6 is 11.6 Å². The first-order chi connectivity index (χ1) is 8.06. The molecule has 2 aromatic carbocycles. The second kappa shape index (κ2) is 4.59. The Morgan fingerprint density at radius 1 is 1.06 bits per heavy atom. The molecule has 0 heterocycles. The maximum Gasteiger partial charge on any atom is 0.151 e. The summed E-state index contributed by atoms with van der Waals surface area (Å²) in [4.78, 5) is 0. The Labute approximate surface area is 102 Å². The van der Waals surface area contributed by atoms with Crippen molar-refractivity contribution >= 4 is 28.7 Å². The number of hydrogen-bond acceptors (Lipinski definition) is 2. The van der Waals surface area contributed by atoms with Gasteiger partial charge in [-0.1, -0.05) is 17.7 Å². The van der Waals surface area contributed by atoms with E-state index in [9.17, 15) is 8.78 Å². The van der Waals surface area contributed by atoms with E-state index in [0.29, 0.717) is 10.7 Å². The zero-order chi connectivity index (χ0) is 12.4. The second-order valence-electron chi connectivity index (χ2n) is 3.49. The standard InChI is InChI=1S/C12H9ClF2N2/c13-7-2-1-3-9(4-7)17-12-10(14)5-8(16)6-11(12)15/h1-6,17H,16H2. The van der Waals surface area contributed by atoms with Crippen molar-refractivity contribution < 1.29 is 8.78 Å². The Morgan fingerprint density at radius 2 is 1.71 bits per heavy atom. The fraction of sp³-hybridized carbons (Fsp3) is 0. The van der Waals surface area contributed by atoms with E-state index in [2.05, 4.69) is 5.32 Å². The van der Waals surface area contributed by atoms with Crippen LogP contribution in [0.2, 0.25) is 5.02 Å². The van der Waals surface area contributed by atoms with E-state index in [1.54, 1.807) is 24.3 Å². The van der Waals surface area contributed by atoms with Gasteiger partial charge in [-0.2, -0.15) is 0 Å². The van der Waals surface area contributed by atoms with Crippen LogP contribution in [0.15, 0.2) is 36.4 Å². The molecule has 0 radical (unpaired) electrons. The molecular formula is C12H9ClF2N2. The number of hydrogen-bond donors (Lipinski definition) is 2. The van der Waals surface area contributed by atoms with E-state index in [1.807, 2.05) is 0 Å². The van der Waals surface area contributed by atoms with Gasteiger partial charge in [-0.3, -0.25) is 0 Å². The first-order valence-corrected chi connectivity index (χ1v) is 5.21. The fourth-order valence-corrected chi connectivity index (χ4v) is 1.61.